The molecule has 0 bridgehead atoms. The molecule has 1 amide bonds. The van der Waals surface area contributed by atoms with Gasteiger partial charge in [0.15, 0.2) is 0 Å². The van der Waals surface area contributed by atoms with Gasteiger partial charge in [-0.15, -0.1) is 0 Å². The first-order valence-corrected chi connectivity index (χ1v) is 6.72. The molecule has 0 aliphatic heterocycles. The second kappa shape index (κ2) is 6.90. The number of amides is 1. The molecule has 100 valence electrons. The van der Waals surface area contributed by atoms with Crippen molar-refractivity contribution in [2.24, 2.45) is 5.41 Å². The third-order valence-corrected chi connectivity index (χ3v) is 3.16. The first-order chi connectivity index (χ1) is 8.43. The fraction of sp³-hybridized carbons (Fsp3) is 0.500. The molecule has 0 atom stereocenters. The summed E-state index contributed by atoms with van der Waals surface area (Å²) in [7, 11) is 1.52. The lowest BCUT2D eigenvalue weighted by atomic mass is 9.85. The molecular weight excluding hydrogens is 294 g/mol. The zero-order chi connectivity index (χ0) is 13.6. The second-order valence-corrected chi connectivity index (χ2v) is 6.09. The average Bonchev–Trinajstić information content (AvgIpc) is 2.30. The van der Waals surface area contributed by atoms with Crippen molar-refractivity contribution in [2.45, 2.75) is 20.3 Å². The first kappa shape index (κ1) is 15.2. The Morgan fingerprint density at radius 1 is 1.33 bits per heavy atom. The lowest BCUT2D eigenvalue weighted by Gasteiger charge is -2.25. The molecule has 0 aliphatic carbocycles. The smallest absolute Gasteiger partial charge is 0.246 e. The van der Waals surface area contributed by atoms with E-state index in [0.29, 0.717) is 6.54 Å². The van der Waals surface area contributed by atoms with Crippen molar-refractivity contribution in [2.75, 3.05) is 20.3 Å². The number of benzene rings is 1. The summed E-state index contributed by atoms with van der Waals surface area (Å²) in [5, 5.41) is 2.88. The molecule has 4 heteroatoms. The molecule has 1 rings (SSSR count). The highest BCUT2D eigenvalue weighted by atomic mass is 79.9. The Kier molecular flexibility index (Phi) is 5.82. The topological polar surface area (TPSA) is 38.3 Å². The van der Waals surface area contributed by atoms with Crippen molar-refractivity contribution in [3.05, 3.63) is 34.3 Å². The van der Waals surface area contributed by atoms with E-state index in [2.05, 4.69) is 47.2 Å². The minimum Gasteiger partial charge on any atom is -0.375 e. The van der Waals surface area contributed by atoms with Gasteiger partial charge in [0.1, 0.15) is 6.61 Å². The number of methoxy groups -OCH3 is 1. The average molecular weight is 314 g/mol. The molecule has 0 aliphatic rings. The van der Waals surface area contributed by atoms with Gasteiger partial charge in [-0.05, 0) is 29.5 Å². The molecule has 0 fully saturated rings. The summed E-state index contributed by atoms with van der Waals surface area (Å²) in [5.41, 5.74) is 1.29. The van der Waals surface area contributed by atoms with E-state index in [1.807, 2.05) is 12.1 Å². The zero-order valence-corrected chi connectivity index (χ0v) is 12.7. The summed E-state index contributed by atoms with van der Waals surface area (Å²) < 4.78 is 5.86. The van der Waals surface area contributed by atoms with Crippen molar-refractivity contribution >= 4 is 21.8 Å². The number of hydrogen-bond acceptors (Lipinski definition) is 2. The van der Waals surface area contributed by atoms with Gasteiger partial charge in [0, 0.05) is 18.1 Å². The van der Waals surface area contributed by atoms with Crippen LogP contribution in [-0.2, 0) is 16.0 Å². The molecule has 0 aromatic heterocycles. The van der Waals surface area contributed by atoms with E-state index in [-0.39, 0.29) is 17.9 Å². The fourth-order valence-electron chi connectivity index (χ4n) is 1.74. The number of nitrogens with one attached hydrogen (secondary N) is 1. The van der Waals surface area contributed by atoms with Crippen molar-refractivity contribution in [1.29, 1.82) is 0 Å². The Labute approximate surface area is 117 Å². The fourth-order valence-corrected chi connectivity index (χ4v) is 2.00. The summed E-state index contributed by atoms with van der Waals surface area (Å²) in [6, 6.07) is 8.27. The lowest BCUT2D eigenvalue weighted by Crippen LogP contribution is -2.37. The summed E-state index contributed by atoms with van der Waals surface area (Å²) in [6.45, 7) is 5.05. The van der Waals surface area contributed by atoms with Crippen LogP contribution in [0.5, 0.6) is 0 Å². The van der Waals surface area contributed by atoms with Crippen molar-refractivity contribution in [1.82, 2.24) is 5.32 Å². The molecule has 0 heterocycles. The van der Waals surface area contributed by atoms with Crippen LogP contribution in [0.4, 0.5) is 0 Å². The van der Waals surface area contributed by atoms with E-state index >= 15 is 0 Å². The highest BCUT2D eigenvalue weighted by molar-refractivity contribution is 9.10. The van der Waals surface area contributed by atoms with Crippen LogP contribution in [0.3, 0.4) is 0 Å². The number of carbonyl (C=O) groups is 1. The molecule has 1 aromatic rings. The Bertz CT molecular complexity index is 387. The van der Waals surface area contributed by atoms with Crippen molar-refractivity contribution in [3.63, 3.8) is 0 Å². The summed E-state index contributed by atoms with van der Waals surface area (Å²) in [6.07, 6.45) is 0.924. The van der Waals surface area contributed by atoms with Crippen LogP contribution in [0.15, 0.2) is 28.7 Å². The largest absolute Gasteiger partial charge is 0.375 e. The van der Waals surface area contributed by atoms with Gasteiger partial charge in [0.25, 0.3) is 0 Å². The Morgan fingerprint density at radius 3 is 2.50 bits per heavy atom. The first-order valence-electron chi connectivity index (χ1n) is 5.93. The number of rotatable bonds is 6. The highest BCUT2D eigenvalue weighted by Crippen LogP contribution is 2.22. The van der Waals surface area contributed by atoms with Gasteiger partial charge in [0.05, 0.1) is 0 Å². The number of carbonyl (C=O) groups excluding carboxylic acids is 1. The molecule has 18 heavy (non-hydrogen) atoms. The van der Waals surface area contributed by atoms with Crippen LogP contribution in [0.25, 0.3) is 0 Å². The van der Waals surface area contributed by atoms with Crippen LogP contribution in [-0.4, -0.2) is 26.2 Å². The predicted molar refractivity (Wildman–Crippen MR) is 76.5 cm³/mol. The molecule has 1 aromatic carbocycles. The zero-order valence-electron chi connectivity index (χ0n) is 11.1. The summed E-state index contributed by atoms with van der Waals surface area (Å²) in [5.74, 6) is -0.0682. The Balaban J connectivity index is 2.48. The van der Waals surface area contributed by atoms with E-state index in [0.717, 1.165) is 10.9 Å². The standard InChI is InChI=1S/C14H20BrNO2/c1-14(2,10-16-13(17)9-18-3)8-11-4-6-12(15)7-5-11/h4-7H,8-10H2,1-3H3,(H,16,17). The third-order valence-electron chi connectivity index (χ3n) is 2.64. The van der Waals surface area contributed by atoms with E-state index in [1.165, 1.54) is 12.7 Å². The monoisotopic (exact) mass is 313 g/mol. The number of halogens is 1. The molecule has 3 nitrogen and oxygen atoms in total. The van der Waals surface area contributed by atoms with Crippen LogP contribution in [0.2, 0.25) is 0 Å². The maximum absolute atomic E-state index is 11.3. The van der Waals surface area contributed by atoms with E-state index in [4.69, 9.17) is 4.74 Å². The maximum atomic E-state index is 11.3. The second-order valence-electron chi connectivity index (χ2n) is 5.18. The highest BCUT2D eigenvalue weighted by Gasteiger charge is 2.19. The summed E-state index contributed by atoms with van der Waals surface area (Å²) in [4.78, 5) is 11.3. The van der Waals surface area contributed by atoms with Gasteiger partial charge in [-0.1, -0.05) is 41.9 Å². The lowest BCUT2D eigenvalue weighted by molar-refractivity contribution is -0.125. The van der Waals surface area contributed by atoms with E-state index in [9.17, 15) is 4.79 Å². The van der Waals surface area contributed by atoms with Crippen LogP contribution in [0.1, 0.15) is 19.4 Å². The van der Waals surface area contributed by atoms with Crippen LogP contribution >= 0.6 is 15.9 Å². The quantitative estimate of drug-likeness (QED) is 0.877. The number of hydrogen-bond donors (Lipinski definition) is 1. The molecule has 0 radical (unpaired) electrons. The van der Waals surface area contributed by atoms with Gasteiger partial charge < -0.3 is 10.1 Å². The van der Waals surface area contributed by atoms with Crippen LogP contribution in [0, 0.1) is 5.41 Å². The van der Waals surface area contributed by atoms with Crippen LogP contribution < -0.4 is 5.32 Å². The molecule has 0 saturated carbocycles. The van der Waals surface area contributed by atoms with Gasteiger partial charge >= 0.3 is 0 Å². The molecule has 0 unspecified atom stereocenters. The third kappa shape index (κ3) is 5.65. The van der Waals surface area contributed by atoms with E-state index in [1.54, 1.807) is 0 Å². The Hall–Kier alpha value is -0.870. The molecule has 0 spiro atoms. The predicted octanol–water partition coefficient (Wildman–Crippen LogP) is 2.78. The molecule has 0 saturated heterocycles. The number of ether oxygens (including phenoxy) is 1. The van der Waals surface area contributed by atoms with Gasteiger partial charge in [-0.3, -0.25) is 4.79 Å². The summed E-state index contributed by atoms with van der Waals surface area (Å²) >= 11 is 3.42. The maximum Gasteiger partial charge on any atom is 0.246 e. The minimum atomic E-state index is -0.0682. The molecule has 1 N–H and O–H groups in total. The van der Waals surface area contributed by atoms with Gasteiger partial charge in [-0.25, -0.2) is 0 Å². The SMILES string of the molecule is COCC(=O)NCC(C)(C)Cc1ccc(Br)cc1. The van der Waals surface area contributed by atoms with E-state index < -0.39 is 0 Å². The Morgan fingerprint density at radius 2 is 1.94 bits per heavy atom. The van der Waals surface area contributed by atoms with Crippen molar-refractivity contribution in [3.8, 4) is 0 Å². The van der Waals surface area contributed by atoms with Gasteiger partial charge in [-0.2, -0.15) is 0 Å². The minimum absolute atomic E-state index is 0.0250. The van der Waals surface area contributed by atoms with Gasteiger partial charge in [0.2, 0.25) is 5.91 Å². The normalized spacial score (nSPS) is 11.3. The molecular formula is C14H20BrNO2. The van der Waals surface area contributed by atoms with Crippen molar-refractivity contribution < 1.29 is 9.53 Å².